The van der Waals surface area contributed by atoms with Gasteiger partial charge in [-0.2, -0.15) is 5.26 Å². The van der Waals surface area contributed by atoms with Gasteiger partial charge >= 0.3 is 0 Å². The maximum Gasteiger partial charge on any atom is 0.156 e. The summed E-state index contributed by atoms with van der Waals surface area (Å²) in [5, 5.41) is 8.89. The lowest BCUT2D eigenvalue weighted by Gasteiger charge is -2.35. The van der Waals surface area contributed by atoms with E-state index in [4.69, 9.17) is 15.7 Å². The summed E-state index contributed by atoms with van der Waals surface area (Å²) in [6, 6.07) is 8.47. The minimum Gasteiger partial charge on any atom is -0.361 e. The molecule has 1 saturated heterocycles. The number of ether oxygens (including phenoxy) is 1. The van der Waals surface area contributed by atoms with Crippen molar-refractivity contribution < 1.29 is 9.13 Å². The average molecular weight is 249 g/mol. The minimum atomic E-state index is -0.429. The Morgan fingerprint density at radius 1 is 1.61 bits per heavy atom. The number of nitriles is 1. The van der Waals surface area contributed by atoms with E-state index in [0.717, 1.165) is 5.56 Å². The Morgan fingerprint density at radius 2 is 2.44 bits per heavy atom. The molecule has 0 aromatic heterocycles. The van der Waals surface area contributed by atoms with Gasteiger partial charge in [0.2, 0.25) is 0 Å². The number of morpholine rings is 1. The molecule has 0 saturated carbocycles. The molecule has 1 aromatic rings. The van der Waals surface area contributed by atoms with Gasteiger partial charge in [-0.1, -0.05) is 12.1 Å². The number of nitrogens with two attached hydrogens (primary N) is 1. The molecular formula is C13H16FN3O. The lowest BCUT2D eigenvalue weighted by molar-refractivity contribution is -0.0161. The number of rotatable bonds is 3. The van der Waals surface area contributed by atoms with Gasteiger partial charge in [0.15, 0.2) is 6.10 Å². The molecule has 1 aromatic carbocycles. The highest BCUT2D eigenvalue weighted by molar-refractivity contribution is 5.21. The van der Waals surface area contributed by atoms with E-state index in [1.54, 1.807) is 6.07 Å². The normalized spacial score (nSPS) is 22.4. The van der Waals surface area contributed by atoms with Crippen LogP contribution in [0, 0.1) is 17.1 Å². The molecule has 1 fully saturated rings. The molecule has 4 nitrogen and oxygen atoms in total. The predicted molar refractivity (Wildman–Crippen MR) is 65.1 cm³/mol. The number of hydrogen-bond acceptors (Lipinski definition) is 4. The Kier molecular flexibility index (Phi) is 4.26. The number of hydrogen-bond donors (Lipinski definition) is 1. The van der Waals surface area contributed by atoms with Crippen molar-refractivity contribution in [1.29, 1.82) is 5.26 Å². The van der Waals surface area contributed by atoms with E-state index >= 15 is 0 Å². The van der Waals surface area contributed by atoms with Gasteiger partial charge in [-0.25, -0.2) is 4.39 Å². The summed E-state index contributed by atoms with van der Waals surface area (Å²) >= 11 is 0. The van der Waals surface area contributed by atoms with Crippen molar-refractivity contribution >= 4 is 0 Å². The molecule has 2 unspecified atom stereocenters. The van der Waals surface area contributed by atoms with Crippen LogP contribution in [0.4, 0.5) is 4.39 Å². The van der Waals surface area contributed by atoms with Gasteiger partial charge in [0, 0.05) is 25.7 Å². The van der Waals surface area contributed by atoms with Crippen molar-refractivity contribution in [3.63, 3.8) is 0 Å². The van der Waals surface area contributed by atoms with E-state index < -0.39 is 6.10 Å². The first-order chi connectivity index (χ1) is 8.74. The molecule has 5 heteroatoms. The van der Waals surface area contributed by atoms with Crippen molar-refractivity contribution in [1.82, 2.24) is 4.90 Å². The molecular weight excluding hydrogens is 233 g/mol. The fourth-order valence-corrected chi connectivity index (χ4v) is 2.24. The zero-order valence-electron chi connectivity index (χ0n) is 10.1. The molecule has 0 amide bonds. The molecule has 0 aliphatic carbocycles. The minimum absolute atomic E-state index is 0.0690. The molecule has 0 spiro atoms. The number of nitrogens with zero attached hydrogens (tertiary/aromatic N) is 2. The smallest absolute Gasteiger partial charge is 0.156 e. The number of benzene rings is 1. The molecule has 18 heavy (non-hydrogen) atoms. The number of halogens is 1. The third-order valence-electron chi connectivity index (χ3n) is 3.14. The fourth-order valence-electron chi connectivity index (χ4n) is 2.24. The third kappa shape index (κ3) is 2.85. The standard InChI is InChI=1S/C13H16FN3O/c14-11-3-1-2-10(6-11)13(8-16)17-4-5-18-12(7-15)9-17/h1-3,6,12-13H,4-5,8-9,16H2. The molecule has 1 aliphatic rings. The zero-order valence-corrected chi connectivity index (χ0v) is 10.1. The summed E-state index contributed by atoms with van der Waals surface area (Å²) in [4.78, 5) is 2.08. The Hall–Kier alpha value is -1.48. The third-order valence-corrected chi connectivity index (χ3v) is 3.14. The van der Waals surface area contributed by atoms with E-state index in [1.165, 1.54) is 12.1 Å². The van der Waals surface area contributed by atoms with E-state index in [-0.39, 0.29) is 11.9 Å². The second kappa shape index (κ2) is 5.91. The molecule has 2 rings (SSSR count). The Bertz CT molecular complexity index is 446. The molecule has 0 radical (unpaired) electrons. The van der Waals surface area contributed by atoms with Crippen LogP contribution in [0.5, 0.6) is 0 Å². The summed E-state index contributed by atoms with van der Waals surface area (Å²) in [7, 11) is 0. The first-order valence-corrected chi connectivity index (χ1v) is 5.95. The first-order valence-electron chi connectivity index (χ1n) is 5.95. The van der Waals surface area contributed by atoms with Crippen LogP contribution in [0.2, 0.25) is 0 Å². The van der Waals surface area contributed by atoms with Crippen LogP contribution in [-0.2, 0) is 4.74 Å². The van der Waals surface area contributed by atoms with Crippen LogP contribution in [-0.4, -0.2) is 37.2 Å². The van der Waals surface area contributed by atoms with Crippen LogP contribution in [0.25, 0.3) is 0 Å². The van der Waals surface area contributed by atoms with Crippen LogP contribution < -0.4 is 5.73 Å². The lowest BCUT2D eigenvalue weighted by Crippen LogP contribution is -2.45. The maximum absolute atomic E-state index is 13.2. The monoisotopic (exact) mass is 249 g/mol. The van der Waals surface area contributed by atoms with E-state index in [0.29, 0.717) is 26.2 Å². The molecule has 0 bridgehead atoms. The Labute approximate surface area is 106 Å². The van der Waals surface area contributed by atoms with Gasteiger partial charge < -0.3 is 10.5 Å². The summed E-state index contributed by atoms with van der Waals surface area (Å²) in [6.07, 6.45) is -0.429. The quantitative estimate of drug-likeness (QED) is 0.869. The van der Waals surface area contributed by atoms with Crippen molar-refractivity contribution in [3.8, 4) is 6.07 Å². The van der Waals surface area contributed by atoms with Gasteiger partial charge in [-0.15, -0.1) is 0 Å². The summed E-state index contributed by atoms with van der Waals surface area (Å²) in [5.41, 5.74) is 6.63. The van der Waals surface area contributed by atoms with Crippen molar-refractivity contribution in [2.75, 3.05) is 26.2 Å². The summed E-state index contributed by atoms with van der Waals surface area (Å²) in [6.45, 7) is 2.11. The Morgan fingerprint density at radius 3 is 3.11 bits per heavy atom. The van der Waals surface area contributed by atoms with Crippen LogP contribution in [0.3, 0.4) is 0 Å². The van der Waals surface area contributed by atoms with E-state index in [1.807, 2.05) is 6.07 Å². The lowest BCUT2D eigenvalue weighted by atomic mass is 10.0. The topological polar surface area (TPSA) is 62.3 Å². The SMILES string of the molecule is N#CC1CN(C(CN)c2cccc(F)c2)CCO1. The average Bonchev–Trinajstić information content (AvgIpc) is 2.40. The predicted octanol–water partition coefficient (Wildman–Crippen LogP) is 1.05. The van der Waals surface area contributed by atoms with Gasteiger partial charge in [0.25, 0.3) is 0 Å². The van der Waals surface area contributed by atoms with Crippen molar-refractivity contribution in [2.45, 2.75) is 12.1 Å². The Balaban J connectivity index is 2.16. The molecule has 2 N–H and O–H groups in total. The molecule has 1 heterocycles. The van der Waals surface area contributed by atoms with Gasteiger partial charge in [-0.3, -0.25) is 4.90 Å². The van der Waals surface area contributed by atoms with Crippen LogP contribution >= 0.6 is 0 Å². The van der Waals surface area contributed by atoms with Gasteiger partial charge in [0.1, 0.15) is 5.82 Å². The van der Waals surface area contributed by atoms with Crippen LogP contribution in [0.15, 0.2) is 24.3 Å². The highest BCUT2D eigenvalue weighted by Crippen LogP contribution is 2.22. The van der Waals surface area contributed by atoms with E-state index in [9.17, 15) is 4.39 Å². The van der Waals surface area contributed by atoms with E-state index in [2.05, 4.69) is 11.0 Å². The maximum atomic E-state index is 13.2. The second-order valence-electron chi connectivity index (χ2n) is 4.29. The fraction of sp³-hybridized carbons (Fsp3) is 0.462. The van der Waals surface area contributed by atoms with Gasteiger partial charge in [-0.05, 0) is 17.7 Å². The van der Waals surface area contributed by atoms with Crippen molar-refractivity contribution in [3.05, 3.63) is 35.6 Å². The largest absolute Gasteiger partial charge is 0.361 e. The molecule has 96 valence electrons. The van der Waals surface area contributed by atoms with Crippen molar-refractivity contribution in [2.24, 2.45) is 5.73 Å². The highest BCUT2D eigenvalue weighted by atomic mass is 19.1. The van der Waals surface area contributed by atoms with Gasteiger partial charge in [0.05, 0.1) is 12.7 Å². The second-order valence-corrected chi connectivity index (χ2v) is 4.29. The van der Waals surface area contributed by atoms with Crippen LogP contribution in [0.1, 0.15) is 11.6 Å². The zero-order chi connectivity index (χ0) is 13.0. The first kappa shape index (κ1) is 13.0. The molecule has 2 atom stereocenters. The molecule has 1 aliphatic heterocycles. The summed E-state index contributed by atoms with van der Waals surface area (Å²) in [5.74, 6) is -0.268. The summed E-state index contributed by atoms with van der Waals surface area (Å²) < 4.78 is 18.5. The highest BCUT2D eigenvalue weighted by Gasteiger charge is 2.26.